The highest BCUT2D eigenvalue weighted by molar-refractivity contribution is 6.20. The molecular formula is C19H16N2O. The normalized spacial score (nSPS) is 16.9. The first-order valence-electron chi connectivity index (χ1n) is 7.16. The number of nitrogens with one attached hydrogen (secondary N) is 1. The first kappa shape index (κ1) is 14.1. The number of aliphatic imine (C=N–C) groups is 1. The summed E-state index contributed by atoms with van der Waals surface area (Å²) < 4.78 is 0. The van der Waals surface area contributed by atoms with Crippen LogP contribution >= 0.6 is 0 Å². The number of aryl methyl sites for hydroxylation is 1. The van der Waals surface area contributed by atoms with Crippen molar-refractivity contribution < 1.29 is 4.79 Å². The molecule has 0 aliphatic carbocycles. The summed E-state index contributed by atoms with van der Waals surface area (Å²) in [6.45, 7) is 3.83. The van der Waals surface area contributed by atoms with Crippen molar-refractivity contribution in [3.63, 3.8) is 0 Å². The molecule has 3 rings (SSSR count). The molecule has 1 heterocycles. The van der Waals surface area contributed by atoms with E-state index in [0.29, 0.717) is 0 Å². The molecule has 3 nitrogen and oxygen atoms in total. The van der Waals surface area contributed by atoms with Gasteiger partial charge in [0.25, 0.3) is 0 Å². The Hall–Kier alpha value is -2.86. The monoisotopic (exact) mass is 288 g/mol. The van der Waals surface area contributed by atoms with Crippen molar-refractivity contribution in [3.05, 3.63) is 64.7 Å². The molecule has 1 aliphatic rings. The minimum Gasteiger partial charge on any atom is -0.324 e. The van der Waals surface area contributed by atoms with Gasteiger partial charge in [-0.05, 0) is 37.6 Å². The fraction of sp³-hybridized carbons (Fsp3) is 0.158. The molecule has 0 bridgehead atoms. The maximum absolute atomic E-state index is 12.1. The second-order valence-corrected chi connectivity index (χ2v) is 5.36. The molecule has 1 N–H and O–H groups in total. The van der Waals surface area contributed by atoms with Crippen molar-refractivity contribution in [3.8, 4) is 12.3 Å². The molecule has 2 aromatic rings. The van der Waals surface area contributed by atoms with Crippen molar-refractivity contribution >= 4 is 17.3 Å². The quantitative estimate of drug-likeness (QED) is 0.805. The second kappa shape index (κ2) is 5.50. The largest absolute Gasteiger partial charge is 0.324 e. The molecule has 1 aliphatic heterocycles. The van der Waals surface area contributed by atoms with E-state index in [2.05, 4.69) is 16.2 Å². The van der Waals surface area contributed by atoms with Crippen molar-refractivity contribution in [1.82, 2.24) is 0 Å². The number of hydrogen-bond acceptors (Lipinski definition) is 2. The van der Waals surface area contributed by atoms with Gasteiger partial charge in [0, 0.05) is 16.7 Å². The molecule has 108 valence electrons. The Morgan fingerprint density at radius 2 is 1.95 bits per heavy atom. The van der Waals surface area contributed by atoms with Gasteiger partial charge in [-0.3, -0.25) is 9.79 Å². The molecule has 0 saturated carbocycles. The van der Waals surface area contributed by atoms with Crippen LogP contribution in [0.1, 0.15) is 29.2 Å². The summed E-state index contributed by atoms with van der Waals surface area (Å²) in [4.78, 5) is 16.8. The number of fused-ring (bicyclic) bond motifs is 1. The van der Waals surface area contributed by atoms with Gasteiger partial charge in [0.05, 0.1) is 11.4 Å². The Balaban J connectivity index is 2.28. The number of terminal acetylenes is 1. The summed E-state index contributed by atoms with van der Waals surface area (Å²) in [5, 5.41) is 2.92. The molecule has 0 fully saturated rings. The highest BCUT2D eigenvalue weighted by atomic mass is 16.2. The van der Waals surface area contributed by atoms with E-state index >= 15 is 0 Å². The van der Waals surface area contributed by atoms with E-state index in [1.807, 2.05) is 49.4 Å². The van der Waals surface area contributed by atoms with Gasteiger partial charge in [-0.1, -0.05) is 30.2 Å². The van der Waals surface area contributed by atoms with Gasteiger partial charge in [-0.15, -0.1) is 6.42 Å². The lowest BCUT2D eigenvalue weighted by Gasteiger charge is -2.12. The third kappa shape index (κ3) is 2.40. The molecular weight excluding hydrogens is 272 g/mol. The molecule has 1 atom stereocenters. The average molecular weight is 288 g/mol. The van der Waals surface area contributed by atoms with Crippen LogP contribution in [-0.2, 0) is 4.79 Å². The van der Waals surface area contributed by atoms with Crippen LogP contribution in [0.3, 0.4) is 0 Å². The van der Waals surface area contributed by atoms with Gasteiger partial charge in [-0.25, -0.2) is 0 Å². The van der Waals surface area contributed by atoms with Gasteiger partial charge < -0.3 is 5.32 Å². The van der Waals surface area contributed by atoms with E-state index in [1.165, 1.54) is 0 Å². The fourth-order valence-corrected chi connectivity index (χ4v) is 2.55. The number of amides is 1. The van der Waals surface area contributed by atoms with Gasteiger partial charge >= 0.3 is 0 Å². The summed E-state index contributed by atoms with van der Waals surface area (Å²) in [5.74, 6) is 2.53. The minimum absolute atomic E-state index is 0.113. The second-order valence-electron chi connectivity index (χ2n) is 5.36. The maximum atomic E-state index is 12.1. The van der Waals surface area contributed by atoms with Crippen LogP contribution in [0.25, 0.3) is 0 Å². The summed E-state index contributed by atoms with van der Waals surface area (Å²) in [6, 6.07) is 13.1. The zero-order valence-electron chi connectivity index (χ0n) is 12.6. The number of benzodiazepines with no additional fused rings is 1. The molecule has 0 aromatic heterocycles. The van der Waals surface area contributed by atoms with E-state index in [4.69, 9.17) is 6.42 Å². The SMILES string of the molecule is C#Cc1ccc2c(c1)C(c1ccccc1C)=N[C@@H](C)C(=O)N2. The van der Waals surface area contributed by atoms with Crippen LogP contribution in [0, 0.1) is 19.3 Å². The van der Waals surface area contributed by atoms with Crippen LogP contribution in [0.4, 0.5) is 5.69 Å². The van der Waals surface area contributed by atoms with Crippen LogP contribution in [0.2, 0.25) is 0 Å². The number of nitrogens with zero attached hydrogens (tertiary/aromatic N) is 1. The number of rotatable bonds is 1. The number of carbonyl (C=O) groups is 1. The number of anilines is 1. The molecule has 0 radical (unpaired) electrons. The number of benzene rings is 2. The lowest BCUT2D eigenvalue weighted by Crippen LogP contribution is -2.22. The summed E-state index contributed by atoms with van der Waals surface area (Å²) in [5.41, 5.74) is 5.30. The van der Waals surface area contributed by atoms with E-state index in [0.717, 1.165) is 33.7 Å². The van der Waals surface area contributed by atoms with Gasteiger partial charge in [0.15, 0.2) is 0 Å². The molecule has 0 unspecified atom stereocenters. The van der Waals surface area contributed by atoms with Crippen LogP contribution < -0.4 is 5.32 Å². The summed E-state index contributed by atoms with van der Waals surface area (Å²) in [6.07, 6.45) is 5.51. The zero-order valence-corrected chi connectivity index (χ0v) is 12.6. The fourth-order valence-electron chi connectivity index (χ4n) is 2.55. The molecule has 2 aromatic carbocycles. The molecule has 22 heavy (non-hydrogen) atoms. The predicted molar refractivity (Wildman–Crippen MR) is 89.3 cm³/mol. The molecule has 1 amide bonds. The Morgan fingerprint density at radius 3 is 2.68 bits per heavy atom. The van der Waals surface area contributed by atoms with E-state index < -0.39 is 6.04 Å². The topological polar surface area (TPSA) is 41.5 Å². The van der Waals surface area contributed by atoms with Crippen LogP contribution in [-0.4, -0.2) is 17.7 Å². The Morgan fingerprint density at radius 1 is 1.18 bits per heavy atom. The lowest BCUT2D eigenvalue weighted by atomic mass is 9.95. The van der Waals surface area contributed by atoms with Crippen LogP contribution in [0.15, 0.2) is 47.5 Å². The molecule has 0 saturated heterocycles. The van der Waals surface area contributed by atoms with Gasteiger partial charge in [0.2, 0.25) is 5.91 Å². The van der Waals surface area contributed by atoms with Crippen molar-refractivity contribution in [2.24, 2.45) is 4.99 Å². The number of hydrogen-bond donors (Lipinski definition) is 1. The highest BCUT2D eigenvalue weighted by Crippen LogP contribution is 2.26. The van der Waals surface area contributed by atoms with E-state index in [1.54, 1.807) is 6.92 Å². The highest BCUT2D eigenvalue weighted by Gasteiger charge is 2.23. The Kier molecular flexibility index (Phi) is 3.52. The maximum Gasteiger partial charge on any atom is 0.248 e. The predicted octanol–water partition coefficient (Wildman–Crippen LogP) is 3.15. The lowest BCUT2D eigenvalue weighted by molar-refractivity contribution is -0.116. The van der Waals surface area contributed by atoms with Crippen molar-refractivity contribution in [1.29, 1.82) is 0 Å². The first-order chi connectivity index (χ1) is 10.6. The van der Waals surface area contributed by atoms with Crippen molar-refractivity contribution in [2.45, 2.75) is 19.9 Å². The Labute approximate surface area is 130 Å². The summed E-state index contributed by atoms with van der Waals surface area (Å²) in [7, 11) is 0. The number of carbonyl (C=O) groups excluding carboxylic acids is 1. The molecule has 0 spiro atoms. The Bertz CT molecular complexity index is 828. The summed E-state index contributed by atoms with van der Waals surface area (Å²) >= 11 is 0. The zero-order chi connectivity index (χ0) is 15.7. The van der Waals surface area contributed by atoms with E-state index in [9.17, 15) is 4.79 Å². The van der Waals surface area contributed by atoms with Gasteiger partial charge in [-0.2, -0.15) is 0 Å². The first-order valence-corrected chi connectivity index (χ1v) is 7.16. The minimum atomic E-state index is -0.448. The third-order valence-corrected chi connectivity index (χ3v) is 3.80. The van der Waals surface area contributed by atoms with E-state index in [-0.39, 0.29) is 5.91 Å². The smallest absolute Gasteiger partial charge is 0.248 e. The van der Waals surface area contributed by atoms with Crippen LogP contribution in [0.5, 0.6) is 0 Å². The van der Waals surface area contributed by atoms with Gasteiger partial charge in [0.1, 0.15) is 6.04 Å². The standard InChI is InChI=1S/C19H16N2O/c1-4-14-9-10-17-16(11-14)18(20-13(3)19(22)21-17)15-8-6-5-7-12(15)2/h1,5-11,13H,2-3H3,(H,21,22)/t13-/m0/s1. The average Bonchev–Trinajstić information content (AvgIpc) is 2.65. The van der Waals surface area contributed by atoms with Crippen molar-refractivity contribution in [2.75, 3.05) is 5.32 Å². The molecule has 3 heteroatoms. The third-order valence-electron chi connectivity index (χ3n) is 3.80.